The van der Waals surface area contributed by atoms with Gasteiger partial charge in [-0.15, -0.1) is 22.7 Å². The van der Waals surface area contributed by atoms with Gasteiger partial charge in [-0.05, 0) is 30.9 Å². The largest absolute Gasteiger partial charge is 0.350 e. The van der Waals surface area contributed by atoms with Crippen LogP contribution >= 0.6 is 22.7 Å². The van der Waals surface area contributed by atoms with Gasteiger partial charge in [-0.3, -0.25) is 4.79 Å². The number of hydrogen-bond acceptors (Lipinski definition) is 6. The van der Waals surface area contributed by atoms with Crippen LogP contribution in [0.4, 0.5) is 5.82 Å². The first-order valence-electron chi connectivity index (χ1n) is 7.61. The topological polar surface area (TPSA) is 49.3 Å². The van der Waals surface area contributed by atoms with Crippen molar-refractivity contribution in [2.24, 2.45) is 0 Å². The first-order valence-corrected chi connectivity index (χ1v) is 9.31. The summed E-state index contributed by atoms with van der Waals surface area (Å²) in [6.45, 7) is 4.48. The van der Waals surface area contributed by atoms with Crippen molar-refractivity contribution in [3.8, 4) is 10.7 Å². The summed E-state index contributed by atoms with van der Waals surface area (Å²) in [4.78, 5) is 28.4. The number of carbonyl (C=O) groups is 1. The van der Waals surface area contributed by atoms with Crippen LogP contribution in [0.25, 0.3) is 20.9 Å². The van der Waals surface area contributed by atoms with E-state index < -0.39 is 0 Å². The van der Waals surface area contributed by atoms with Crippen LogP contribution in [-0.4, -0.2) is 48.5 Å². The van der Waals surface area contributed by atoms with Crippen LogP contribution in [0.15, 0.2) is 17.5 Å². The minimum Gasteiger partial charge on any atom is -0.350 e. The summed E-state index contributed by atoms with van der Waals surface area (Å²) < 4.78 is 0. The van der Waals surface area contributed by atoms with E-state index in [1.807, 2.05) is 29.5 Å². The molecule has 0 aromatic carbocycles. The number of anilines is 1. The fourth-order valence-corrected chi connectivity index (χ4v) is 4.12. The standard InChI is InChI=1S/C17H20N4OS2/c1-10-11(2)24-17-14(10)16(21(5)9-13(22)20(3)4)18-15(19-17)12-7-6-8-23-12/h6-8H,9H2,1-5H3. The van der Waals surface area contributed by atoms with E-state index in [-0.39, 0.29) is 12.5 Å². The normalized spacial score (nSPS) is 11.0. The molecule has 5 nitrogen and oxygen atoms in total. The molecule has 126 valence electrons. The second kappa shape index (κ2) is 6.49. The molecule has 3 aromatic rings. The molecular weight excluding hydrogens is 340 g/mol. The van der Waals surface area contributed by atoms with Gasteiger partial charge < -0.3 is 9.80 Å². The maximum Gasteiger partial charge on any atom is 0.241 e. The fourth-order valence-electron chi connectivity index (χ4n) is 2.44. The van der Waals surface area contributed by atoms with Gasteiger partial charge in [0.1, 0.15) is 10.6 Å². The van der Waals surface area contributed by atoms with Crippen molar-refractivity contribution in [3.63, 3.8) is 0 Å². The van der Waals surface area contributed by atoms with Crippen molar-refractivity contribution in [2.75, 3.05) is 32.6 Å². The fraction of sp³-hybridized carbons (Fsp3) is 0.353. The Bertz CT molecular complexity index is 884. The predicted octanol–water partition coefficient (Wildman–Crippen LogP) is 3.56. The molecule has 3 rings (SSSR count). The molecule has 3 heterocycles. The molecule has 0 saturated carbocycles. The van der Waals surface area contributed by atoms with Crippen LogP contribution in [0, 0.1) is 13.8 Å². The quantitative estimate of drug-likeness (QED) is 0.714. The van der Waals surface area contributed by atoms with Gasteiger partial charge >= 0.3 is 0 Å². The second-order valence-corrected chi connectivity index (χ2v) is 8.11. The first-order chi connectivity index (χ1) is 11.4. The number of nitrogens with zero attached hydrogens (tertiary/aromatic N) is 4. The van der Waals surface area contributed by atoms with Crippen molar-refractivity contribution in [3.05, 3.63) is 28.0 Å². The van der Waals surface area contributed by atoms with E-state index in [0.29, 0.717) is 0 Å². The first kappa shape index (κ1) is 16.9. The van der Waals surface area contributed by atoms with Crippen molar-refractivity contribution in [1.29, 1.82) is 0 Å². The maximum atomic E-state index is 12.1. The Morgan fingerprint density at radius 1 is 1.21 bits per heavy atom. The average molecular weight is 361 g/mol. The van der Waals surface area contributed by atoms with Gasteiger partial charge in [0.15, 0.2) is 5.82 Å². The van der Waals surface area contributed by atoms with Gasteiger partial charge in [-0.1, -0.05) is 6.07 Å². The molecule has 0 spiro atoms. The monoisotopic (exact) mass is 360 g/mol. The van der Waals surface area contributed by atoms with Crippen molar-refractivity contribution in [1.82, 2.24) is 14.9 Å². The molecule has 3 aromatic heterocycles. The molecule has 0 radical (unpaired) electrons. The van der Waals surface area contributed by atoms with Gasteiger partial charge in [0.05, 0.1) is 16.8 Å². The highest BCUT2D eigenvalue weighted by Gasteiger charge is 2.20. The zero-order valence-electron chi connectivity index (χ0n) is 14.5. The molecule has 0 saturated heterocycles. The second-order valence-electron chi connectivity index (χ2n) is 5.96. The lowest BCUT2D eigenvalue weighted by molar-refractivity contribution is -0.127. The predicted molar refractivity (Wildman–Crippen MR) is 102 cm³/mol. The van der Waals surface area contributed by atoms with Crippen LogP contribution in [0.2, 0.25) is 0 Å². The Labute approximate surface area is 149 Å². The van der Waals surface area contributed by atoms with Crippen molar-refractivity contribution in [2.45, 2.75) is 13.8 Å². The number of aryl methyl sites for hydroxylation is 2. The highest BCUT2D eigenvalue weighted by atomic mass is 32.1. The molecule has 1 amide bonds. The molecule has 0 bridgehead atoms. The molecule has 0 atom stereocenters. The number of likely N-dealkylation sites (N-methyl/N-ethyl adjacent to an activating group) is 2. The number of aromatic nitrogens is 2. The third-order valence-corrected chi connectivity index (χ3v) is 5.95. The van der Waals surface area contributed by atoms with Crippen molar-refractivity contribution >= 4 is 44.6 Å². The van der Waals surface area contributed by atoms with Gasteiger partial charge in [0, 0.05) is 26.0 Å². The SMILES string of the molecule is Cc1sc2nc(-c3cccs3)nc(N(C)CC(=O)N(C)C)c2c1C. The van der Waals surface area contributed by atoms with Crippen LogP contribution in [0.3, 0.4) is 0 Å². The van der Waals surface area contributed by atoms with Crippen molar-refractivity contribution < 1.29 is 4.79 Å². The lowest BCUT2D eigenvalue weighted by atomic mass is 10.2. The number of fused-ring (bicyclic) bond motifs is 1. The third kappa shape index (κ3) is 3.01. The Morgan fingerprint density at radius 3 is 2.58 bits per heavy atom. The Hall–Kier alpha value is -1.99. The van der Waals surface area contributed by atoms with E-state index in [9.17, 15) is 4.79 Å². The van der Waals surface area contributed by atoms with Gasteiger partial charge in [0.25, 0.3) is 0 Å². The van der Waals surface area contributed by atoms with Crippen LogP contribution in [0.5, 0.6) is 0 Å². The Kier molecular flexibility index (Phi) is 4.56. The van der Waals surface area contributed by atoms with Crippen LogP contribution < -0.4 is 4.90 Å². The number of carbonyl (C=O) groups excluding carboxylic acids is 1. The third-order valence-electron chi connectivity index (χ3n) is 3.98. The maximum absolute atomic E-state index is 12.1. The average Bonchev–Trinajstić information content (AvgIpc) is 3.15. The van der Waals surface area contributed by atoms with E-state index in [0.717, 1.165) is 26.7 Å². The summed E-state index contributed by atoms with van der Waals surface area (Å²) in [5.41, 5.74) is 1.19. The Morgan fingerprint density at radius 2 is 1.96 bits per heavy atom. The van der Waals surface area contributed by atoms with E-state index >= 15 is 0 Å². The molecule has 7 heteroatoms. The van der Waals surface area contributed by atoms with E-state index in [4.69, 9.17) is 9.97 Å². The summed E-state index contributed by atoms with van der Waals surface area (Å²) >= 11 is 3.30. The summed E-state index contributed by atoms with van der Waals surface area (Å²) in [5, 5.41) is 3.07. The van der Waals surface area contributed by atoms with Gasteiger partial charge in [-0.2, -0.15) is 0 Å². The van der Waals surface area contributed by atoms with Gasteiger partial charge in [0.2, 0.25) is 5.91 Å². The zero-order valence-corrected chi connectivity index (χ0v) is 16.1. The number of amides is 1. The van der Waals surface area contributed by atoms with Gasteiger partial charge in [-0.25, -0.2) is 9.97 Å². The van der Waals surface area contributed by atoms with E-state index in [1.54, 1.807) is 41.7 Å². The molecule has 0 aliphatic carbocycles. The molecule has 0 fully saturated rings. The minimum absolute atomic E-state index is 0.0477. The summed E-state index contributed by atoms with van der Waals surface area (Å²) in [6, 6.07) is 4.02. The molecule has 0 aliphatic rings. The summed E-state index contributed by atoms with van der Waals surface area (Å²) in [5.74, 6) is 1.59. The zero-order chi connectivity index (χ0) is 17.4. The highest BCUT2D eigenvalue weighted by molar-refractivity contribution is 7.19. The van der Waals surface area contributed by atoms with E-state index in [1.165, 1.54) is 10.4 Å². The number of thiophene rings is 2. The van der Waals surface area contributed by atoms with E-state index in [2.05, 4.69) is 13.8 Å². The van der Waals surface area contributed by atoms with Crippen LogP contribution in [-0.2, 0) is 4.79 Å². The number of rotatable bonds is 4. The minimum atomic E-state index is 0.0477. The smallest absolute Gasteiger partial charge is 0.241 e. The molecule has 0 unspecified atom stereocenters. The summed E-state index contributed by atoms with van der Waals surface area (Å²) in [7, 11) is 5.44. The summed E-state index contributed by atoms with van der Waals surface area (Å²) in [6.07, 6.45) is 0. The molecule has 0 aliphatic heterocycles. The number of hydrogen-bond donors (Lipinski definition) is 0. The lowest BCUT2D eigenvalue weighted by Gasteiger charge is -2.21. The molecule has 24 heavy (non-hydrogen) atoms. The highest BCUT2D eigenvalue weighted by Crippen LogP contribution is 2.36. The Balaban J connectivity index is 2.14. The molecule has 0 N–H and O–H groups in total. The van der Waals surface area contributed by atoms with Crippen LogP contribution in [0.1, 0.15) is 10.4 Å². The lowest BCUT2D eigenvalue weighted by Crippen LogP contribution is -2.34. The molecular formula is C17H20N4OS2.